The quantitative estimate of drug-likeness (QED) is 0.0860. The number of carbonyl (C=O) groups is 1. The van der Waals surface area contributed by atoms with Crippen LogP contribution in [0.2, 0.25) is 0 Å². The molecule has 11 unspecified atom stereocenters. The van der Waals surface area contributed by atoms with Gasteiger partial charge in [-0.15, -0.1) is 0 Å². The molecular weight excluding hydrogens is 799 g/mol. The average Bonchev–Trinajstić information content (AvgIpc) is 3.22. The standard InChI is InChI=1S/C46H67N5O7S2/c1-29(53)57-38-24-33(54)13-19-45-18-12-30-7-6-17-46(25-34(14-20-49-46)58-39-23-31(21-36(30)38)32(27-52)22-37(39)55)41-11-10-35(26-48-41)60-59-28-44(15-3-2-4-16-44)51-43(47)50-40(45)8-5-9-42(45)56/h5,8,22-23,30,33-36,38,40-42,48-49,52,54-56H,2-4,6-7,9-11,13-17,19-21,24-28H2,1H3,(H3,47,50,51). The zero-order valence-corrected chi connectivity index (χ0v) is 36.8. The largest absolute Gasteiger partial charge is 0.504 e. The number of aliphatic hydroxyl groups is 3. The van der Waals surface area contributed by atoms with Crippen LogP contribution >= 0.6 is 21.6 Å². The molecule has 14 heteroatoms. The summed E-state index contributed by atoms with van der Waals surface area (Å²) in [6.07, 6.45) is 14.7. The van der Waals surface area contributed by atoms with E-state index in [2.05, 4.69) is 27.8 Å². The van der Waals surface area contributed by atoms with E-state index in [1.165, 1.54) is 13.3 Å². The number of hydrogen-bond donors (Lipinski definition) is 8. The topological polar surface area (TPSA) is 191 Å². The molecule has 5 heterocycles. The Balaban J connectivity index is 1.29. The number of nitrogens with one attached hydrogen (secondary N) is 3. The van der Waals surface area contributed by atoms with Crippen molar-refractivity contribution < 1.29 is 34.7 Å². The number of fused-ring (bicyclic) bond motifs is 8. The van der Waals surface area contributed by atoms with E-state index in [-0.39, 0.29) is 47.9 Å². The van der Waals surface area contributed by atoms with Crippen LogP contribution in [0.1, 0.15) is 121 Å². The Morgan fingerprint density at radius 2 is 1.93 bits per heavy atom. The molecule has 1 aromatic carbocycles. The van der Waals surface area contributed by atoms with Crippen molar-refractivity contribution in [1.29, 1.82) is 0 Å². The van der Waals surface area contributed by atoms with E-state index >= 15 is 0 Å². The van der Waals surface area contributed by atoms with Crippen molar-refractivity contribution >= 4 is 33.5 Å². The van der Waals surface area contributed by atoms with Crippen LogP contribution < -0.4 is 26.4 Å². The van der Waals surface area contributed by atoms with E-state index in [1.807, 2.05) is 39.8 Å². The Morgan fingerprint density at radius 3 is 2.72 bits per heavy atom. The lowest BCUT2D eigenvalue weighted by Gasteiger charge is -2.49. The van der Waals surface area contributed by atoms with Crippen molar-refractivity contribution in [2.75, 3.05) is 18.8 Å². The summed E-state index contributed by atoms with van der Waals surface area (Å²) in [5.41, 5.74) is 6.78. The number of aliphatic imine (C=N–C) groups is 1. The van der Waals surface area contributed by atoms with Gasteiger partial charge in [0.25, 0.3) is 0 Å². The highest BCUT2D eigenvalue weighted by Crippen LogP contribution is 2.46. The van der Waals surface area contributed by atoms with E-state index in [4.69, 9.17) is 20.2 Å². The fraction of sp³-hybridized carbons (Fsp3) is 0.739. The van der Waals surface area contributed by atoms with Gasteiger partial charge in [-0.05, 0) is 100 Å². The van der Waals surface area contributed by atoms with Gasteiger partial charge in [-0.25, -0.2) is 4.99 Å². The fourth-order valence-corrected chi connectivity index (χ4v) is 14.8. The van der Waals surface area contributed by atoms with Crippen molar-refractivity contribution in [3.63, 3.8) is 0 Å². The number of ether oxygens (including phenoxy) is 2. The normalized spacial score (nSPS) is 38.4. The van der Waals surface area contributed by atoms with E-state index < -0.39 is 41.7 Å². The Kier molecular flexibility index (Phi) is 13.9. The highest BCUT2D eigenvalue weighted by atomic mass is 33.1. The molecule has 9 rings (SSSR count). The molecular formula is C46H67N5O7S2. The SMILES string of the molecule is CC(=O)OC1CC(O)CCC23C#CC4CCCC5(CC(CCN5)Oc5cc(c(CO)cc5O)CC41)C1CCC(CN1)SSCC1(CCCCC1)NC(N)=NC2C=CCC3O. The maximum Gasteiger partial charge on any atom is 0.302 e. The van der Waals surface area contributed by atoms with E-state index in [1.54, 1.807) is 6.07 Å². The predicted molar refractivity (Wildman–Crippen MR) is 238 cm³/mol. The minimum Gasteiger partial charge on any atom is -0.504 e. The second-order valence-electron chi connectivity index (χ2n) is 18.9. The first kappa shape index (κ1) is 44.0. The van der Waals surface area contributed by atoms with Crippen LogP contribution in [0.4, 0.5) is 0 Å². The number of esters is 1. The van der Waals surface area contributed by atoms with Crippen LogP contribution in [0.25, 0.3) is 0 Å². The van der Waals surface area contributed by atoms with Gasteiger partial charge in [-0.2, -0.15) is 0 Å². The molecule has 1 saturated carbocycles. The number of carbonyl (C=O) groups excluding carboxylic acids is 1. The van der Waals surface area contributed by atoms with Crippen molar-refractivity contribution in [3.8, 4) is 23.3 Å². The summed E-state index contributed by atoms with van der Waals surface area (Å²) >= 11 is 0. The molecule has 330 valence electrons. The van der Waals surface area contributed by atoms with Crippen molar-refractivity contribution in [2.45, 2.75) is 176 Å². The lowest BCUT2D eigenvalue weighted by molar-refractivity contribution is -0.152. The van der Waals surface area contributed by atoms with Crippen LogP contribution in [0.3, 0.4) is 0 Å². The molecule has 5 aliphatic heterocycles. The molecule has 8 aliphatic rings. The molecule has 3 fully saturated rings. The molecule has 1 aromatic rings. The molecule has 3 aliphatic carbocycles. The minimum absolute atomic E-state index is 0.0155. The zero-order chi connectivity index (χ0) is 41.9. The molecule has 60 heavy (non-hydrogen) atoms. The summed E-state index contributed by atoms with van der Waals surface area (Å²) in [6.45, 7) is 2.80. The summed E-state index contributed by atoms with van der Waals surface area (Å²) in [4.78, 5) is 18.0. The highest BCUT2D eigenvalue weighted by molar-refractivity contribution is 8.77. The Labute approximate surface area is 363 Å². The van der Waals surface area contributed by atoms with Gasteiger partial charge in [-0.3, -0.25) is 4.79 Å². The summed E-state index contributed by atoms with van der Waals surface area (Å²) in [5.74, 6) is 7.93. The van der Waals surface area contributed by atoms with Crippen molar-refractivity contribution in [1.82, 2.24) is 16.0 Å². The number of nitrogens with two attached hydrogens (primary N) is 1. The van der Waals surface area contributed by atoms with Crippen LogP contribution in [0.5, 0.6) is 11.5 Å². The summed E-state index contributed by atoms with van der Waals surface area (Å²) in [5, 5.41) is 58.2. The van der Waals surface area contributed by atoms with Crippen LogP contribution in [0.15, 0.2) is 29.3 Å². The third kappa shape index (κ3) is 9.63. The summed E-state index contributed by atoms with van der Waals surface area (Å²) < 4.78 is 12.9. The summed E-state index contributed by atoms with van der Waals surface area (Å²) in [7, 11) is 3.93. The second kappa shape index (κ2) is 19.0. The number of guanidine groups is 1. The van der Waals surface area contributed by atoms with Gasteiger partial charge in [-0.1, -0.05) is 71.3 Å². The maximum atomic E-state index is 12.9. The fourth-order valence-electron chi connectivity index (χ4n) is 11.6. The molecule has 12 nitrogen and oxygen atoms in total. The van der Waals surface area contributed by atoms with Crippen LogP contribution in [-0.2, 0) is 22.6 Å². The number of hydrogen-bond acceptors (Lipinski definition) is 14. The number of piperidine rings is 2. The van der Waals surface area contributed by atoms with E-state index in [0.29, 0.717) is 54.6 Å². The monoisotopic (exact) mass is 865 g/mol. The first-order valence-electron chi connectivity index (χ1n) is 22.7. The molecule has 11 atom stereocenters. The molecule has 2 saturated heterocycles. The second-order valence-corrected chi connectivity index (χ2v) is 21.6. The van der Waals surface area contributed by atoms with Gasteiger partial charge >= 0.3 is 5.97 Å². The van der Waals surface area contributed by atoms with Gasteiger partial charge in [0.1, 0.15) is 12.2 Å². The van der Waals surface area contributed by atoms with Crippen LogP contribution in [0, 0.1) is 29.1 Å². The van der Waals surface area contributed by atoms with Gasteiger partial charge < -0.3 is 51.6 Å². The Bertz CT molecular complexity index is 1810. The zero-order valence-electron chi connectivity index (χ0n) is 35.2. The third-order valence-electron chi connectivity index (χ3n) is 14.9. The summed E-state index contributed by atoms with van der Waals surface area (Å²) in [6, 6.07) is 3.11. The smallest absolute Gasteiger partial charge is 0.302 e. The number of phenols is 1. The number of rotatable bonds is 2. The highest BCUT2D eigenvalue weighted by Gasteiger charge is 2.48. The lowest BCUT2D eigenvalue weighted by atomic mass is 9.66. The first-order valence-corrected chi connectivity index (χ1v) is 25.1. The van der Waals surface area contributed by atoms with Gasteiger partial charge in [0.05, 0.1) is 30.3 Å². The molecule has 0 amide bonds. The molecule has 8 bridgehead atoms. The van der Waals surface area contributed by atoms with E-state index in [0.717, 1.165) is 88.6 Å². The van der Waals surface area contributed by atoms with Crippen molar-refractivity contribution in [2.24, 2.45) is 28.0 Å². The Hall–Kier alpha value is -2.64. The predicted octanol–water partition coefficient (Wildman–Crippen LogP) is 4.99. The number of nitrogens with zero attached hydrogens (tertiary/aromatic N) is 1. The minimum atomic E-state index is -1.02. The lowest BCUT2D eigenvalue weighted by Crippen LogP contribution is -2.66. The molecule has 3 spiro atoms. The van der Waals surface area contributed by atoms with Gasteiger partial charge in [0, 0.05) is 66.3 Å². The number of aromatic hydroxyl groups is 1. The Morgan fingerprint density at radius 1 is 1.08 bits per heavy atom. The maximum absolute atomic E-state index is 12.9. The number of benzene rings is 1. The average molecular weight is 866 g/mol. The third-order valence-corrected chi connectivity index (χ3v) is 18.0. The van der Waals surface area contributed by atoms with Crippen LogP contribution in [-0.4, -0.2) is 104 Å². The molecule has 9 N–H and O–H groups in total. The number of aliphatic hydroxyl groups excluding tert-OH is 3. The first-order chi connectivity index (χ1) is 29.0. The van der Waals surface area contributed by atoms with Crippen molar-refractivity contribution in [3.05, 3.63) is 35.4 Å². The van der Waals surface area contributed by atoms with Gasteiger partial charge in [0.2, 0.25) is 0 Å². The van der Waals surface area contributed by atoms with Gasteiger partial charge in [0.15, 0.2) is 17.5 Å². The molecule has 0 aromatic heterocycles. The van der Waals surface area contributed by atoms with E-state index in [9.17, 15) is 25.2 Å². The molecule has 0 radical (unpaired) electrons. The number of phenolic OH excluding ortho intramolecular Hbond substituents is 1.